The number of sulfonamides is 1. The number of likely N-dealkylation sites (tertiary alicyclic amines) is 1. The number of guanidine groups is 1. The fraction of sp³-hybridized carbons (Fsp3) is 0.650. The molecule has 1 fully saturated rings. The normalized spacial score (nSPS) is 16.7. The summed E-state index contributed by atoms with van der Waals surface area (Å²) in [4.78, 5) is 7.06. The molecule has 1 aliphatic rings. The van der Waals surface area contributed by atoms with Crippen LogP contribution < -0.4 is 15.4 Å². The summed E-state index contributed by atoms with van der Waals surface area (Å²) in [6.07, 6.45) is 3.39. The standard InChI is InChI=1S/C20H35N5O3S/c1-4-11-25-12-8-18(9-13-25)24-20(21-2)22-16-17-6-5-7-19(15-17)29(26,27)23-10-14-28-3/h5-7,15,18,23H,4,8-14,16H2,1-3H3,(H2,21,22,24). The Hall–Kier alpha value is -1.68. The minimum Gasteiger partial charge on any atom is -0.383 e. The van der Waals surface area contributed by atoms with Crippen LogP contribution in [0.3, 0.4) is 0 Å². The molecule has 0 spiro atoms. The van der Waals surface area contributed by atoms with Crippen LogP contribution in [0.25, 0.3) is 0 Å². The maximum Gasteiger partial charge on any atom is 0.240 e. The molecule has 9 heteroatoms. The van der Waals surface area contributed by atoms with Gasteiger partial charge in [0.25, 0.3) is 0 Å². The lowest BCUT2D eigenvalue weighted by Gasteiger charge is -2.32. The summed E-state index contributed by atoms with van der Waals surface area (Å²) in [6, 6.07) is 7.33. The third kappa shape index (κ3) is 7.93. The predicted molar refractivity (Wildman–Crippen MR) is 117 cm³/mol. The van der Waals surface area contributed by atoms with E-state index in [-0.39, 0.29) is 11.4 Å². The molecule has 0 unspecified atom stereocenters. The van der Waals surface area contributed by atoms with E-state index in [0.29, 0.717) is 19.2 Å². The van der Waals surface area contributed by atoms with E-state index < -0.39 is 10.0 Å². The number of aliphatic imine (C=N–C) groups is 1. The number of methoxy groups -OCH3 is 1. The van der Waals surface area contributed by atoms with E-state index in [9.17, 15) is 8.42 Å². The first-order valence-electron chi connectivity index (χ1n) is 10.3. The Morgan fingerprint density at radius 1 is 1.31 bits per heavy atom. The van der Waals surface area contributed by atoms with Crippen molar-refractivity contribution in [2.45, 2.75) is 43.7 Å². The molecule has 2 rings (SSSR count). The highest BCUT2D eigenvalue weighted by Gasteiger charge is 2.19. The van der Waals surface area contributed by atoms with E-state index in [4.69, 9.17) is 4.74 Å². The molecule has 0 amide bonds. The van der Waals surface area contributed by atoms with Crippen LogP contribution in [0.5, 0.6) is 0 Å². The number of nitrogens with zero attached hydrogens (tertiary/aromatic N) is 2. The zero-order chi connectivity index (χ0) is 21.1. The molecule has 1 aromatic carbocycles. The molecular formula is C20H35N5O3S. The second-order valence-corrected chi connectivity index (χ2v) is 8.99. The van der Waals surface area contributed by atoms with Gasteiger partial charge in [0.05, 0.1) is 11.5 Å². The van der Waals surface area contributed by atoms with Crippen LogP contribution in [-0.2, 0) is 21.3 Å². The third-order valence-electron chi connectivity index (χ3n) is 4.96. The molecule has 0 saturated carbocycles. The smallest absolute Gasteiger partial charge is 0.240 e. The maximum atomic E-state index is 12.4. The van der Waals surface area contributed by atoms with Crippen LogP contribution in [0.15, 0.2) is 34.2 Å². The summed E-state index contributed by atoms with van der Waals surface area (Å²) in [7, 11) is -0.250. The topological polar surface area (TPSA) is 95.1 Å². The zero-order valence-corrected chi connectivity index (χ0v) is 18.6. The first-order chi connectivity index (χ1) is 14.0. The van der Waals surface area contributed by atoms with Crippen LogP contribution in [0.1, 0.15) is 31.7 Å². The van der Waals surface area contributed by atoms with Crippen molar-refractivity contribution >= 4 is 16.0 Å². The second kappa shape index (κ2) is 12.1. The lowest BCUT2D eigenvalue weighted by molar-refractivity contribution is 0.204. The van der Waals surface area contributed by atoms with Crippen LogP contribution in [0.2, 0.25) is 0 Å². The first kappa shape index (κ1) is 23.6. The molecule has 1 saturated heterocycles. The van der Waals surface area contributed by atoms with E-state index in [1.54, 1.807) is 25.2 Å². The number of hydrogen-bond donors (Lipinski definition) is 3. The summed E-state index contributed by atoms with van der Waals surface area (Å²) in [5.74, 6) is 0.741. The number of nitrogens with one attached hydrogen (secondary N) is 3. The molecule has 1 heterocycles. The number of ether oxygens (including phenoxy) is 1. The van der Waals surface area contributed by atoms with Crippen molar-refractivity contribution in [2.75, 3.05) is 46.9 Å². The number of benzene rings is 1. The van der Waals surface area contributed by atoms with E-state index in [1.807, 2.05) is 6.07 Å². The van der Waals surface area contributed by atoms with Crippen molar-refractivity contribution in [3.05, 3.63) is 29.8 Å². The molecular weight excluding hydrogens is 390 g/mol. The van der Waals surface area contributed by atoms with Gasteiger partial charge in [-0.15, -0.1) is 0 Å². The van der Waals surface area contributed by atoms with Crippen LogP contribution in [0, 0.1) is 0 Å². The molecule has 0 atom stereocenters. The summed E-state index contributed by atoms with van der Waals surface area (Å²) in [5.41, 5.74) is 0.875. The number of hydrogen-bond acceptors (Lipinski definition) is 5. The van der Waals surface area contributed by atoms with Gasteiger partial charge in [-0.3, -0.25) is 4.99 Å². The van der Waals surface area contributed by atoms with E-state index >= 15 is 0 Å². The van der Waals surface area contributed by atoms with Crippen LogP contribution >= 0.6 is 0 Å². The molecule has 0 bridgehead atoms. The minimum atomic E-state index is -3.54. The first-order valence-corrected chi connectivity index (χ1v) is 11.7. The largest absolute Gasteiger partial charge is 0.383 e. The van der Waals surface area contributed by atoms with Crippen molar-refractivity contribution in [1.29, 1.82) is 0 Å². The Bertz CT molecular complexity index is 746. The molecule has 0 aliphatic carbocycles. The molecule has 3 N–H and O–H groups in total. The van der Waals surface area contributed by atoms with Crippen LogP contribution in [-0.4, -0.2) is 72.3 Å². The van der Waals surface area contributed by atoms with Gasteiger partial charge in [0.15, 0.2) is 5.96 Å². The van der Waals surface area contributed by atoms with Crippen molar-refractivity contribution in [3.63, 3.8) is 0 Å². The van der Waals surface area contributed by atoms with Gasteiger partial charge >= 0.3 is 0 Å². The fourth-order valence-corrected chi connectivity index (χ4v) is 4.46. The Balaban J connectivity index is 1.87. The van der Waals surface area contributed by atoms with Gasteiger partial charge in [-0.1, -0.05) is 19.1 Å². The highest BCUT2D eigenvalue weighted by molar-refractivity contribution is 7.89. The minimum absolute atomic E-state index is 0.245. The monoisotopic (exact) mass is 425 g/mol. The SMILES string of the molecule is CCCN1CCC(NC(=NC)NCc2cccc(S(=O)(=O)NCCOC)c2)CC1. The van der Waals surface area contributed by atoms with Gasteiger partial charge in [0, 0.05) is 46.4 Å². The Labute approximate surface area is 175 Å². The fourth-order valence-electron chi connectivity index (χ4n) is 3.37. The van der Waals surface area contributed by atoms with Crippen LogP contribution in [0.4, 0.5) is 0 Å². The average Bonchev–Trinajstić information content (AvgIpc) is 2.73. The van der Waals surface area contributed by atoms with Crippen molar-refractivity contribution in [2.24, 2.45) is 4.99 Å². The van der Waals surface area contributed by atoms with Crippen molar-refractivity contribution in [1.82, 2.24) is 20.3 Å². The summed E-state index contributed by atoms with van der Waals surface area (Å²) in [5, 5.41) is 6.78. The molecule has 8 nitrogen and oxygen atoms in total. The van der Waals surface area contributed by atoms with Gasteiger partial charge in [0.2, 0.25) is 10.0 Å². The lowest BCUT2D eigenvalue weighted by atomic mass is 10.1. The van der Waals surface area contributed by atoms with Gasteiger partial charge in [-0.2, -0.15) is 0 Å². The quantitative estimate of drug-likeness (QED) is 0.296. The highest BCUT2D eigenvalue weighted by Crippen LogP contribution is 2.12. The number of piperidine rings is 1. The third-order valence-corrected chi connectivity index (χ3v) is 6.42. The molecule has 0 radical (unpaired) electrons. The summed E-state index contributed by atoms with van der Waals surface area (Å²) in [6.45, 7) is 6.67. The Kier molecular flexibility index (Phi) is 9.86. The molecule has 1 aliphatic heterocycles. The molecule has 29 heavy (non-hydrogen) atoms. The van der Waals surface area contributed by atoms with Gasteiger partial charge in [-0.05, 0) is 43.5 Å². The van der Waals surface area contributed by atoms with Crippen molar-refractivity contribution in [3.8, 4) is 0 Å². The van der Waals surface area contributed by atoms with Gasteiger partial charge in [0.1, 0.15) is 0 Å². The predicted octanol–water partition coefficient (Wildman–Crippen LogP) is 1.15. The van der Waals surface area contributed by atoms with E-state index in [1.165, 1.54) is 20.1 Å². The van der Waals surface area contributed by atoms with Gasteiger partial charge < -0.3 is 20.3 Å². The molecule has 164 valence electrons. The van der Waals surface area contributed by atoms with Crippen molar-refractivity contribution < 1.29 is 13.2 Å². The van der Waals surface area contributed by atoms with Gasteiger partial charge in [-0.25, -0.2) is 13.1 Å². The Morgan fingerprint density at radius 2 is 2.07 bits per heavy atom. The number of rotatable bonds is 10. The maximum absolute atomic E-state index is 12.4. The zero-order valence-electron chi connectivity index (χ0n) is 17.8. The van der Waals surface area contributed by atoms with E-state index in [0.717, 1.165) is 37.5 Å². The lowest BCUT2D eigenvalue weighted by Crippen LogP contribution is -2.48. The Morgan fingerprint density at radius 3 is 2.72 bits per heavy atom. The average molecular weight is 426 g/mol. The molecule has 0 aromatic heterocycles. The summed E-state index contributed by atoms with van der Waals surface area (Å²) < 4.78 is 32.2. The molecule has 1 aromatic rings. The summed E-state index contributed by atoms with van der Waals surface area (Å²) >= 11 is 0. The second-order valence-electron chi connectivity index (χ2n) is 7.22. The van der Waals surface area contributed by atoms with E-state index in [2.05, 4.69) is 32.2 Å². The highest BCUT2D eigenvalue weighted by atomic mass is 32.2.